The standard InChI is InChI=1S/C13H14IN2O4P/c14-21-16-12(13(17)18)11(8-15-16)20-7-6-19-9-10-4-2-1-3-5-10/h1-5,8,21H,6-7,9H2,(H,17,18). The van der Waals surface area contributed by atoms with E-state index in [4.69, 9.17) is 14.6 Å². The molecule has 0 bridgehead atoms. The van der Waals surface area contributed by atoms with Crippen LogP contribution in [-0.2, 0) is 11.3 Å². The second-order valence-corrected chi connectivity index (χ2v) is 6.09. The Bertz CT molecular complexity index is 591. The SMILES string of the molecule is O=C(O)c1c(OCCOCc2ccccc2)cnn1PI. The van der Waals surface area contributed by atoms with E-state index >= 15 is 0 Å². The summed E-state index contributed by atoms with van der Waals surface area (Å²) in [6, 6.07) is 9.82. The van der Waals surface area contributed by atoms with Gasteiger partial charge in [-0.3, -0.25) is 0 Å². The molecule has 1 unspecified atom stereocenters. The average Bonchev–Trinajstić information content (AvgIpc) is 2.91. The molecule has 6 nitrogen and oxygen atoms in total. The zero-order valence-electron chi connectivity index (χ0n) is 11.0. The normalized spacial score (nSPS) is 11.1. The number of carboxylic acid groups (broad SMARTS) is 1. The van der Waals surface area contributed by atoms with Gasteiger partial charge in [0.1, 0.15) is 6.61 Å². The Morgan fingerprint density at radius 1 is 1.33 bits per heavy atom. The molecular weight excluding hydrogens is 406 g/mol. The Labute approximate surface area is 136 Å². The van der Waals surface area contributed by atoms with E-state index in [-0.39, 0.29) is 24.4 Å². The Hall–Kier alpha value is -1.18. The number of carbonyl (C=O) groups is 1. The second kappa shape index (κ2) is 8.31. The summed E-state index contributed by atoms with van der Waals surface area (Å²) in [4.78, 5) is 11.2. The van der Waals surface area contributed by atoms with Crippen molar-refractivity contribution in [3.63, 3.8) is 0 Å². The van der Waals surface area contributed by atoms with Gasteiger partial charge < -0.3 is 14.6 Å². The number of benzene rings is 1. The van der Waals surface area contributed by atoms with Gasteiger partial charge in [0.15, 0.2) is 11.4 Å². The molecule has 1 aromatic heterocycles. The van der Waals surface area contributed by atoms with Crippen LogP contribution in [0.15, 0.2) is 36.5 Å². The van der Waals surface area contributed by atoms with Gasteiger partial charge in [0.05, 0.1) is 25.8 Å². The third-order valence-corrected chi connectivity index (χ3v) is 4.49. The first-order valence-corrected chi connectivity index (χ1v) is 10.2. The van der Waals surface area contributed by atoms with Crippen LogP contribution in [-0.4, -0.2) is 33.8 Å². The van der Waals surface area contributed by atoms with Crippen LogP contribution in [0.3, 0.4) is 0 Å². The van der Waals surface area contributed by atoms with Gasteiger partial charge in [-0.2, -0.15) is 5.10 Å². The largest absolute Gasteiger partial charge is 0.487 e. The van der Waals surface area contributed by atoms with Gasteiger partial charge in [0.2, 0.25) is 0 Å². The lowest BCUT2D eigenvalue weighted by atomic mass is 10.2. The maximum absolute atomic E-state index is 11.2. The minimum Gasteiger partial charge on any atom is -0.487 e. The number of carboxylic acids is 1. The molecule has 1 atom stereocenters. The summed E-state index contributed by atoms with van der Waals surface area (Å²) in [5, 5.41) is 13.1. The molecule has 0 aliphatic heterocycles. The predicted molar refractivity (Wildman–Crippen MR) is 88.5 cm³/mol. The number of hydrogen-bond donors (Lipinski definition) is 1. The minimum absolute atomic E-state index is 0.0748. The Balaban J connectivity index is 1.79. The van der Waals surface area contributed by atoms with E-state index in [9.17, 15) is 4.79 Å². The van der Waals surface area contributed by atoms with Crippen LogP contribution in [0.4, 0.5) is 0 Å². The van der Waals surface area contributed by atoms with Gasteiger partial charge in [-0.25, -0.2) is 9.25 Å². The van der Waals surface area contributed by atoms with Crippen molar-refractivity contribution in [1.82, 2.24) is 9.55 Å². The minimum atomic E-state index is -1.04. The highest BCUT2D eigenvalue weighted by Gasteiger charge is 2.18. The van der Waals surface area contributed by atoms with E-state index in [0.717, 1.165) is 5.56 Å². The Morgan fingerprint density at radius 3 is 2.76 bits per heavy atom. The van der Waals surface area contributed by atoms with Gasteiger partial charge in [-0.1, -0.05) is 30.3 Å². The van der Waals surface area contributed by atoms with E-state index in [1.54, 1.807) is 0 Å². The van der Waals surface area contributed by atoms with E-state index in [1.807, 2.05) is 30.3 Å². The van der Waals surface area contributed by atoms with Gasteiger partial charge in [0, 0.05) is 0 Å². The van der Waals surface area contributed by atoms with Crippen LogP contribution in [0.2, 0.25) is 0 Å². The molecule has 1 aromatic carbocycles. The number of aromatic nitrogens is 2. The quantitative estimate of drug-likeness (QED) is 0.404. The fraction of sp³-hybridized carbons (Fsp3) is 0.231. The first-order chi connectivity index (χ1) is 10.2. The molecule has 112 valence electrons. The first kappa shape index (κ1) is 16.2. The maximum atomic E-state index is 11.2. The van der Waals surface area contributed by atoms with Crippen LogP contribution >= 0.6 is 28.4 Å². The van der Waals surface area contributed by atoms with Crippen LogP contribution in [0.1, 0.15) is 16.1 Å². The summed E-state index contributed by atoms with van der Waals surface area (Å²) < 4.78 is 12.3. The number of rotatable bonds is 8. The summed E-state index contributed by atoms with van der Waals surface area (Å²) >= 11 is 2.07. The smallest absolute Gasteiger partial charge is 0.358 e. The fourth-order valence-corrected chi connectivity index (χ4v) is 3.16. The summed E-state index contributed by atoms with van der Waals surface area (Å²) in [6.07, 6.45) is 1.64. The lowest BCUT2D eigenvalue weighted by molar-refractivity contribution is 0.0674. The fourth-order valence-electron chi connectivity index (χ4n) is 1.67. The zero-order valence-corrected chi connectivity index (χ0v) is 14.2. The maximum Gasteiger partial charge on any atom is 0.358 e. The summed E-state index contributed by atoms with van der Waals surface area (Å²) in [5.41, 5.74) is 1.16. The Kier molecular flexibility index (Phi) is 6.41. The van der Waals surface area contributed by atoms with Crippen LogP contribution in [0.5, 0.6) is 5.75 Å². The van der Waals surface area contributed by atoms with Crippen molar-refractivity contribution in [2.75, 3.05) is 13.2 Å². The molecular formula is C13H14IN2O4P. The molecule has 2 rings (SSSR count). The molecule has 0 radical (unpaired) electrons. The molecule has 0 spiro atoms. The molecule has 0 aliphatic carbocycles. The molecule has 21 heavy (non-hydrogen) atoms. The van der Waals surface area contributed by atoms with Gasteiger partial charge in [-0.05, 0) is 27.6 Å². The highest BCUT2D eigenvalue weighted by atomic mass is 127. The number of ether oxygens (including phenoxy) is 2. The highest BCUT2D eigenvalue weighted by Crippen LogP contribution is 2.29. The Morgan fingerprint density at radius 2 is 2.10 bits per heavy atom. The zero-order chi connectivity index (χ0) is 15.1. The molecule has 0 fully saturated rings. The van der Waals surface area contributed by atoms with E-state index < -0.39 is 5.97 Å². The van der Waals surface area contributed by atoms with E-state index in [2.05, 4.69) is 27.1 Å². The first-order valence-electron chi connectivity index (χ1n) is 6.15. The van der Waals surface area contributed by atoms with Crippen molar-refractivity contribution in [3.8, 4) is 5.75 Å². The van der Waals surface area contributed by atoms with Gasteiger partial charge in [0.25, 0.3) is 0 Å². The van der Waals surface area contributed by atoms with Crippen LogP contribution in [0.25, 0.3) is 0 Å². The molecule has 0 aliphatic rings. The number of halogens is 1. The highest BCUT2D eigenvalue weighted by molar-refractivity contribution is 14.2. The molecule has 0 amide bonds. The number of aromatic carboxylic acids is 1. The van der Waals surface area contributed by atoms with Crippen LogP contribution in [0, 0.1) is 0 Å². The lowest BCUT2D eigenvalue weighted by Gasteiger charge is -2.07. The molecule has 0 saturated heterocycles. The topological polar surface area (TPSA) is 73.6 Å². The average molecular weight is 420 g/mol. The predicted octanol–water partition coefficient (Wildman–Crippen LogP) is 2.97. The lowest BCUT2D eigenvalue weighted by Crippen LogP contribution is -2.10. The molecule has 1 N–H and O–H groups in total. The second-order valence-electron chi connectivity index (χ2n) is 4.05. The van der Waals surface area contributed by atoms with Crippen molar-refractivity contribution in [3.05, 3.63) is 47.8 Å². The summed E-state index contributed by atoms with van der Waals surface area (Å²) in [5.74, 6) is -0.771. The van der Waals surface area contributed by atoms with E-state index in [1.165, 1.54) is 10.6 Å². The van der Waals surface area contributed by atoms with Crippen LogP contribution < -0.4 is 4.74 Å². The van der Waals surface area contributed by atoms with Gasteiger partial charge in [-0.15, -0.1) is 0 Å². The van der Waals surface area contributed by atoms with Crippen molar-refractivity contribution < 1.29 is 19.4 Å². The summed E-state index contributed by atoms with van der Waals surface area (Å²) in [7, 11) is 0. The molecule has 2 aromatic rings. The van der Waals surface area contributed by atoms with Gasteiger partial charge >= 0.3 is 5.97 Å². The number of hydrogen-bond acceptors (Lipinski definition) is 4. The van der Waals surface area contributed by atoms with E-state index in [0.29, 0.717) is 13.2 Å². The van der Waals surface area contributed by atoms with Crippen molar-refractivity contribution in [2.45, 2.75) is 6.61 Å². The van der Waals surface area contributed by atoms with Crippen molar-refractivity contribution in [2.24, 2.45) is 0 Å². The molecule has 1 heterocycles. The monoisotopic (exact) mass is 420 g/mol. The van der Waals surface area contributed by atoms with Crippen molar-refractivity contribution in [1.29, 1.82) is 0 Å². The molecule has 0 saturated carbocycles. The number of nitrogens with zero attached hydrogens (tertiary/aromatic N) is 2. The summed E-state index contributed by atoms with van der Waals surface area (Å²) in [6.45, 7) is 1.17. The molecule has 8 heteroatoms. The third kappa shape index (κ3) is 4.66. The third-order valence-electron chi connectivity index (χ3n) is 2.62. The van der Waals surface area contributed by atoms with Crippen molar-refractivity contribution >= 4 is 34.4 Å².